The van der Waals surface area contributed by atoms with Crippen LogP contribution in [0.3, 0.4) is 0 Å². The van der Waals surface area contributed by atoms with Gasteiger partial charge < -0.3 is 24.1 Å². The summed E-state index contributed by atoms with van der Waals surface area (Å²) in [6.45, 7) is 3.38. The lowest BCUT2D eigenvalue weighted by Crippen LogP contribution is -2.43. The average molecular weight is 300 g/mol. The highest BCUT2D eigenvalue weighted by Crippen LogP contribution is 2.30. The first kappa shape index (κ1) is 16.9. The van der Waals surface area contributed by atoms with Crippen LogP contribution in [0.2, 0.25) is 0 Å². The highest BCUT2D eigenvalue weighted by molar-refractivity contribution is 5.68. The van der Waals surface area contributed by atoms with Gasteiger partial charge in [0, 0.05) is 20.8 Å². The molecule has 0 saturated carbocycles. The molecule has 1 rings (SSSR count). The van der Waals surface area contributed by atoms with Crippen molar-refractivity contribution in [3.8, 4) is 12.3 Å². The Morgan fingerprint density at radius 3 is 1.95 bits per heavy atom. The number of hydrogen-bond donors (Lipinski definition) is 1. The molecule has 1 aliphatic heterocycles. The molecule has 0 radical (unpaired) electrons. The molecule has 21 heavy (non-hydrogen) atoms. The quantitative estimate of drug-likeness (QED) is 0.405. The minimum atomic E-state index is -1.44. The van der Waals surface area contributed by atoms with E-state index in [0.717, 1.165) is 20.8 Å². The van der Waals surface area contributed by atoms with Gasteiger partial charge in [-0.1, -0.05) is 5.92 Å². The van der Waals surface area contributed by atoms with Crippen LogP contribution in [0.1, 0.15) is 20.8 Å². The lowest BCUT2D eigenvalue weighted by Gasteiger charge is -2.23. The van der Waals surface area contributed by atoms with Gasteiger partial charge in [0.1, 0.15) is 12.2 Å². The van der Waals surface area contributed by atoms with E-state index in [-0.39, 0.29) is 0 Å². The van der Waals surface area contributed by atoms with Gasteiger partial charge in [-0.2, -0.15) is 0 Å². The van der Waals surface area contributed by atoms with E-state index in [2.05, 4.69) is 0 Å². The highest BCUT2D eigenvalue weighted by atomic mass is 16.7. The molecule has 1 N–H and O–H groups in total. The van der Waals surface area contributed by atoms with Gasteiger partial charge in [0.15, 0.2) is 6.10 Å². The second kappa shape index (κ2) is 7.06. The van der Waals surface area contributed by atoms with E-state index < -0.39 is 48.6 Å². The molecule has 0 bridgehead atoms. The minimum Gasteiger partial charge on any atom is -0.455 e. The Hall–Kier alpha value is -2.11. The second-order valence-corrected chi connectivity index (χ2v) is 4.34. The molecule has 0 aromatic heterocycles. The number of esters is 3. The molecule has 0 aromatic rings. The largest absolute Gasteiger partial charge is 0.455 e. The monoisotopic (exact) mass is 300 g/mol. The van der Waals surface area contributed by atoms with Gasteiger partial charge >= 0.3 is 17.9 Å². The zero-order chi connectivity index (χ0) is 16.2. The summed E-state index contributed by atoms with van der Waals surface area (Å²) in [6, 6.07) is 0. The van der Waals surface area contributed by atoms with Crippen molar-refractivity contribution in [2.75, 3.05) is 0 Å². The van der Waals surface area contributed by atoms with Gasteiger partial charge in [0.05, 0.1) is 0 Å². The van der Waals surface area contributed by atoms with Crippen LogP contribution in [0, 0.1) is 12.3 Å². The van der Waals surface area contributed by atoms with Gasteiger partial charge in [-0.05, 0) is 0 Å². The third kappa shape index (κ3) is 4.44. The van der Waals surface area contributed by atoms with E-state index >= 15 is 0 Å². The fraction of sp³-hybridized carbons (Fsp3) is 0.615. The van der Waals surface area contributed by atoms with E-state index in [0.29, 0.717) is 0 Å². The third-order valence-electron chi connectivity index (χ3n) is 2.58. The molecule has 0 amide bonds. The highest BCUT2D eigenvalue weighted by Gasteiger charge is 2.53. The number of carbonyl (C=O) groups is 3. The molecule has 1 aliphatic rings. The van der Waals surface area contributed by atoms with E-state index in [9.17, 15) is 19.5 Å². The first-order valence-electron chi connectivity index (χ1n) is 6.07. The van der Waals surface area contributed by atoms with Gasteiger partial charge in [0.2, 0.25) is 12.4 Å². The Labute approximate surface area is 121 Å². The van der Waals surface area contributed by atoms with Gasteiger partial charge in [-0.3, -0.25) is 14.4 Å². The van der Waals surface area contributed by atoms with Crippen molar-refractivity contribution < 1.29 is 38.4 Å². The molecular weight excluding hydrogens is 284 g/mol. The van der Waals surface area contributed by atoms with Gasteiger partial charge in [0.25, 0.3) is 0 Å². The topological polar surface area (TPSA) is 108 Å². The molecule has 1 fully saturated rings. The third-order valence-corrected chi connectivity index (χ3v) is 2.58. The Balaban J connectivity index is 3.06. The Morgan fingerprint density at radius 1 is 1.05 bits per heavy atom. The van der Waals surface area contributed by atoms with Crippen molar-refractivity contribution in [2.24, 2.45) is 0 Å². The van der Waals surface area contributed by atoms with Crippen molar-refractivity contribution in [1.29, 1.82) is 0 Å². The smallest absolute Gasteiger partial charge is 0.305 e. The van der Waals surface area contributed by atoms with Crippen LogP contribution in [-0.2, 0) is 33.3 Å². The summed E-state index contributed by atoms with van der Waals surface area (Å²) in [6.07, 6.45) is -1.26. The number of carbonyl (C=O) groups excluding carboxylic acids is 3. The van der Waals surface area contributed by atoms with Crippen LogP contribution in [0.5, 0.6) is 0 Å². The van der Waals surface area contributed by atoms with E-state index in [1.54, 1.807) is 0 Å². The lowest BCUT2D eigenvalue weighted by atomic mass is 10.1. The van der Waals surface area contributed by atoms with Crippen LogP contribution in [0.4, 0.5) is 0 Å². The predicted molar refractivity (Wildman–Crippen MR) is 66.4 cm³/mol. The first-order valence-corrected chi connectivity index (χ1v) is 6.07. The molecule has 4 unspecified atom stereocenters. The number of ether oxygens (including phenoxy) is 4. The van der Waals surface area contributed by atoms with Crippen molar-refractivity contribution >= 4 is 17.9 Å². The summed E-state index contributed by atoms with van der Waals surface area (Å²) in [5.41, 5.74) is 0. The van der Waals surface area contributed by atoms with Crippen LogP contribution in [-0.4, -0.2) is 53.7 Å². The van der Waals surface area contributed by atoms with Gasteiger partial charge in [-0.15, -0.1) is 6.42 Å². The number of rotatable bonds is 4. The number of aliphatic hydroxyl groups is 1. The Kier molecular flexibility index (Phi) is 5.69. The fourth-order valence-electron chi connectivity index (χ4n) is 1.90. The van der Waals surface area contributed by atoms with Crippen molar-refractivity contribution in [2.45, 2.75) is 51.5 Å². The summed E-state index contributed by atoms with van der Waals surface area (Å²) in [7, 11) is 0. The second-order valence-electron chi connectivity index (χ2n) is 4.34. The van der Waals surface area contributed by atoms with E-state index in [1.807, 2.05) is 5.92 Å². The summed E-state index contributed by atoms with van der Waals surface area (Å²) in [4.78, 5) is 33.4. The maximum Gasteiger partial charge on any atom is 0.305 e. The number of hydrogen-bond acceptors (Lipinski definition) is 8. The summed E-state index contributed by atoms with van der Waals surface area (Å²) < 4.78 is 20.1. The Bertz CT molecular complexity index is 465. The molecule has 0 aliphatic carbocycles. The predicted octanol–water partition coefficient (Wildman–Crippen LogP) is -0.868. The normalized spacial score (nSPS) is 29.1. The fourth-order valence-corrected chi connectivity index (χ4v) is 1.90. The van der Waals surface area contributed by atoms with Gasteiger partial charge in [-0.25, -0.2) is 0 Å². The van der Waals surface area contributed by atoms with Crippen molar-refractivity contribution in [1.82, 2.24) is 0 Å². The molecular formula is C13H16O8. The molecule has 1 saturated heterocycles. The average Bonchev–Trinajstić information content (AvgIpc) is 2.65. The number of terminal acetylenes is 1. The molecule has 0 spiro atoms. The summed E-state index contributed by atoms with van der Waals surface area (Å²) >= 11 is 0. The SMILES string of the molecule is C#C[C@H](O)C1OC(OC(C)=O)C(OC(C)=O)C1OC(C)=O. The van der Waals surface area contributed by atoms with Crippen LogP contribution >= 0.6 is 0 Å². The molecule has 1 heterocycles. The molecule has 5 atom stereocenters. The summed E-state index contributed by atoms with van der Waals surface area (Å²) in [5.74, 6) is -0.0794. The van der Waals surface area contributed by atoms with Crippen molar-refractivity contribution in [3.05, 3.63) is 0 Å². The standard InChI is InChI=1S/C13H16O8/c1-5-9(17)10-11(18-6(2)14)12(19-7(3)15)13(21-10)20-8(4)16/h1,9-13,17H,2-4H3/t9-,10?,11?,12?,13?/m0/s1. The van der Waals surface area contributed by atoms with Crippen molar-refractivity contribution in [3.63, 3.8) is 0 Å². The molecule has 8 heteroatoms. The van der Waals surface area contributed by atoms with Crippen LogP contribution in [0.25, 0.3) is 0 Å². The van der Waals surface area contributed by atoms with Crippen LogP contribution in [0.15, 0.2) is 0 Å². The summed E-state index contributed by atoms with van der Waals surface area (Å²) in [5, 5.41) is 9.71. The first-order chi connectivity index (χ1) is 9.76. The maximum atomic E-state index is 11.2. The molecule has 8 nitrogen and oxygen atoms in total. The number of aliphatic hydroxyl groups excluding tert-OH is 1. The van der Waals surface area contributed by atoms with E-state index in [1.165, 1.54) is 0 Å². The zero-order valence-corrected chi connectivity index (χ0v) is 11.8. The maximum absolute atomic E-state index is 11.2. The molecule has 0 aromatic carbocycles. The molecule has 116 valence electrons. The Morgan fingerprint density at radius 2 is 1.52 bits per heavy atom. The van der Waals surface area contributed by atoms with E-state index in [4.69, 9.17) is 25.4 Å². The lowest BCUT2D eigenvalue weighted by molar-refractivity contribution is -0.197. The minimum absolute atomic E-state index is 0.696. The zero-order valence-electron chi connectivity index (χ0n) is 11.8. The van der Waals surface area contributed by atoms with Crippen LogP contribution < -0.4 is 0 Å².